The first kappa shape index (κ1) is 13.8. The van der Waals surface area contributed by atoms with Crippen LogP contribution in [0.1, 0.15) is 6.42 Å². The summed E-state index contributed by atoms with van der Waals surface area (Å²) in [6, 6.07) is 0. The van der Waals surface area contributed by atoms with Gasteiger partial charge < -0.3 is 20.0 Å². The molecule has 0 bridgehead atoms. The molecule has 0 aromatic rings. The second-order valence-electron chi connectivity index (χ2n) is 4.94. The quantitative estimate of drug-likeness (QED) is 0.521. The Bertz CT molecular complexity index is 379. The number of nitrogens with one attached hydrogen (secondary N) is 1. The molecule has 7 heteroatoms. The van der Waals surface area contributed by atoms with Crippen molar-refractivity contribution in [1.82, 2.24) is 20.0 Å². The fourth-order valence-corrected chi connectivity index (χ4v) is 2.30. The fraction of sp³-hybridized carbons (Fsp3) is 0.750. The van der Waals surface area contributed by atoms with E-state index < -0.39 is 11.8 Å². The van der Waals surface area contributed by atoms with E-state index >= 15 is 0 Å². The van der Waals surface area contributed by atoms with E-state index in [2.05, 4.69) is 5.32 Å². The Kier molecular flexibility index (Phi) is 4.36. The molecule has 0 atom stereocenters. The second-order valence-corrected chi connectivity index (χ2v) is 4.94. The van der Waals surface area contributed by atoms with Crippen LogP contribution in [0.4, 0.5) is 0 Å². The molecule has 2 saturated heterocycles. The third-order valence-electron chi connectivity index (χ3n) is 3.55. The van der Waals surface area contributed by atoms with Gasteiger partial charge in [0.05, 0.1) is 0 Å². The van der Waals surface area contributed by atoms with Crippen molar-refractivity contribution in [3.63, 3.8) is 0 Å². The van der Waals surface area contributed by atoms with E-state index in [1.54, 1.807) is 16.8 Å². The van der Waals surface area contributed by atoms with Crippen LogP contribution in [0, 0.1) is 0 Å². The average molecular weight is 268 g/mol. The van der Waals surface area contributed by atoms with Crippen molar-refractivity contribution in [1.29, 1.82) is 0 Å². The molecule has 2 fully saturated rings. The molecule has 2 heterocycles. The lowest BCUT2D eigenvalue weighted by Gasteiger charge is -2.29. The molecule has 0 spiro atoms. The molecule has 1 N–H and O–H groups in total. The lowest BCUT2D eigenvalue weighted by molar-refractivity contribution is -0.153. The summed E-state index contributed by atoms with van der Waals surface area (Å²) in [6.45, 7) is 3.62. The Balaban J connectivity index is 1.97. The van der Waals surface area contributed by atoms with E-state index in [0.29, 0.717) is 45.7 Å². The maximum absolute atomic E-state index is 12.1. The predicted octanol–water partition coefficient (Wildman–Crippen LogP) is -1.89. The van der Waals surface area contributed by atoms with Gasteiger partial charge in [0.2, 0.25) is 5.91 Å². The minimum atomic E-state index is -0.550. The number of hydrogen-bond acceptors (Lipinski definition) is 4. The number of likely N-dealkylation sites (N-methyl/N-ethyl adjacent to an activating group) is 1. The summed E-state index contributed by atoms with van der Waals surface area (Å²) < 4.78 is 0. The summed E-state index contributed by atoms with van der Waals surface area (Å²) in [5, 5.41) is 3.13. The highest BCUT2D eigenvalue weighted by Crippen LogP contribution is 2.05. The SMILES string of the molecule is CN1CCCN(C(=O)C(=O)N2CCNCC2)CC1=O. The molecule has 2 rings (SSSR count). The number of piperazine rings is 1. The van der Waals surface area contributed by atoms with Gasteiger partial charge in [-0.1, -0.05) is 0 Å². The van der Waals surface area contributed by atoms with Crippen LogP contribution < -0.4 is 5.32 Å². The molecule has 0 aliphatic carbocycles. The van der Waals surface area contributed by atoms with Gasteiger partial charge in [-0.25, -0.2) is 0 Å². The Morgan fingerprint density at radius 1 is 1.00 bits per heavy atom. The van der Waals surface area contributed by atoms with Crippen LogP contribution in [0.25, 0.3) is 0 Å². The van der Waals surface area contributed by atoms with Crippen LogP contribution in [0.5, 0.6) is 0 Å². The van der Waals surface area contributed by atoms with Crippen LogP contribution in [0.2, 0.25) is 0 Å². The highest BCUT2D eigenvalue weighted by atomic mass is 16.2. The summed E-state index contributed by atoms with van der Waals surface area (Å²) in [5.74, 6) is -1.15. The smallest absolute Gasteiger partial charge is 0.312 e. The average Bonchev–Trinajstić information content (AvgIpc) is 2.60. The van der Waals surface area contributed by atoms with Gasteiger partial charge in [-0.05, 0) is 6.42 Å². The first-order valence-corrected chi connectivity index (χ1v) is 6.62. The first-order chi connectivity index (χ1) is 9.09. The zero-order chi connectivity index (χ0) is 13.8. The fourth-order valence-electron chi connectivity index (χ4n) is 2.30. The zero-order valence-corrected chi connectivity index (χ0v) is 11.2. The normalized spacial score (nSPS) is 21.3. The second kappa shape index (κ2) is 6.01. The van der Waals surface area contributed by atoms with Crippen molar-refractivity contribution in [2.24, 2.45) is 0 Å². The van der Waals surface area contributed by atoms with Gasteiger partial charge in [-0.15, -0.1) is 0 Å². The topological polar surface area (TPSA) is 73.0 Å². The molecule has 2 aliphatic rings. The Labute approximate surface area is 112 Å². The minimum absolute atomic E-state index is 0.00711. The number of nitrogens with zero attached hydrogens (tertiary/aromatic N) is 3. The third kappa shape index (κ3) is 3.23. The van der Waals surface area contributed by atoms with Crippen LogP contribution in [0.15, 0.2) is 0 Å². The van der Waals surface area contributed by atoms with Crippen LogP contribution in [0.3, 0.4) is 0 Å². The molecule has 0 radical (unpaired) electrons. The van der Waals surface area contributed by atoms with E-state index in [9.17, 15) is 14.4 Å². The Morgan fingerprint density at radius 2 is 1.63 bits per heavy atom. The molecule has 2 aliphatic heterocycles. The standard InChI is InChI=1S/C12H20N4O3/c1-14-5-2-6-16(9-10(14)17)12(19)11(18)15-7-3-13-4-8-15/h13H,2-9H2,1H3. The first-order valence-electron chi connectivity index (χ1n) is 6.62. The van der Waals surface area contributed by atoms with Crippen molar-refractivity contribution in [3.8, 4) is 0 Å². The number of carbonyl (C=O) groups is 3. The molecule has 7 nitrogen and oxygen atoms in total. The molecule has 0 aromatic carbocycles. The van der Waals surface area contributed by atoms with Gasteiger partial charge >= 0.3 is 11.8 Å². The number of carbonyl (C=O) groups excluding carboxylic acids is 3. The van der Waals surface area contributed by atoms with Crippen molar-refractivity contribution < 1.29 is 14.4 Å². The largest absolute Gasteiger partial charge is 0.344 e. The molecule has 0 saturated carbocycles. The predicted molar refractivity (Wildman–Crippen MR) is 68.3 cm³/mol. The van der Waals surface area contributed by atoms with E-state index in [0.717, 1.165) is 0 Å². The van der Waals surface area contributed by atoms with Gasteiger partial charge in [0, 0.05) is 46.3 Å². The zero-order valence-electron chi connectivity index (χ0n) is 11.2. The van der Waals surface area contributed by atoms with Crippen molar-refractivity contribution in [3.05, 3.63) is 0 Å². The highest BCUT2D eigenvalue weighted by molar-refractivity contribution is 6.35. The third-order valence-corrected chi connectivity index (χ3v) is 3.55. The lowest BCUT2D eigenvalue weighted by atomic mass is 10.3. The molecule has 3 amide bonds. The minimum Gasteiger partial charge on any atom is -0.344 e. The lowest BCUT2D eigenvalue weighted by Crippen LogP contribution is -2.52. The Morgan fingerprint density at radius 3 is 2.32 bits per heavy atom. The van der Waals surface area contributed by atoms with Crippen LogP contribution >= 0.6 is 0 Å². The summed E-state index contributed by atoms with van der Waals surface area (Å²) in [7, 11) is 1.72. The van der Waals surface area contributed by atoms with E-state index in [4.69, 9.17) is 0 Å². The summed E-state index contributed by atoms with van der Waals surface area (Å²) in [6.07, 6.45) is 0.711. The monoisotopic (exact) mass is 268 g/mol. The number of rotatable bonds is 0. The molecule has 0 unspecified atom stereocenters. The van der Waals surface area contributed by atoms with Gasteiger partial charge in [0.1, 0.15) is 6.54 Å². The van der Waals surface area contributed by atoms with Gasteiger partial charge in [0.15, 0.2) is 0 Å². The van der Waals surface area contributed by atoms with Gasteiger partial charge in [-0.3, -0.25) is 14.4 Å². The number of hydrogen-bond donors (Lipinski definition) is 1. The summed E-state index contributed by atoms with van der Waals surface area (Å²) >= 11 is 0. The maximum atomic E-state index is 12.1. The molecule has 19 heavy (non-hydrogen) atoms. The van der Waals surface area contributed by atoms with Crippen LogP contribution in [-0.4, -0.2) is 85.3 Å². The van der Waals surface area contributed by atoms with E-state index in [1.165, 1.54) is 4.90 Å². The van der Waals surface area contributed by atoms with Crippen molar-refractivity contribution in [2.45, 2.75) is 6.42 Å². The molecular formula is C12H20N4O3. The number of amides is 3. The Hall–Kier alpha value is -1.63. The molecular weight excluding hydrogens is 248 g/mol. The van der Waals surface area contributed by atoms with Crippen LogP contribution in [-0.2, 0) is 14.4 Å². The summed E-state index contributed by atoms with van der Waals surface area (Å²) in [4.78, 5) is 40.5. The highest BCUT2D eigenvalue weighted by Gasteiger charge is 2.30. The maximum Gasteiger partial charge on any atom is 0.312 e. The molecule has 0 aromatic heterocycles. The van der Waals surface area contributed by atoms with E-state index in [-0.39, 0.29) is 12.5 Å². The van der Waals surface area contributed by atoms with Crippen molar-refractivity contribution >= 4 is 17.7 Å². The van der Waals surface area contributed by atoms with Crippen molar-refractivity contribution in [2.75, 3.05) is 52.9 Å². The van der Waals surface area contributed by atoms with Gasteiger partial charge in [0.25, 0.3) is 0 Å². The van der Waals surface area contributed by atoms with Gasteiger partial charge in [-0.2, -0.15) is 0 Å². The van der Waals surface area contributed by atoms with E-state index in [1.807, 2.05) is 0 Å². The summed E-state index contributed by atoms with van der Waals surface area (Å²) in [5.41, 5.74) is 0. The molecule has 106 valence electrons.